The fraction of sp³-hybridized carbons (Fsp3) is 0.0870. The topological polar surface area (TPSA) is 79.8 Å². The van der Waals surface area contributed by atoms with Gasteiger partial charge in [-0.25, -0.2) is 5.43 Å². The molecule has 0 saturated carbocycles. The number of carbonyl (C=O) groups is 2. The van der Waals surface area contributed by atoms with Crippen LogP contribution < -0.4 is 15.5 Å². The number of hydrogen-bond donors (Lipinski definition) is 2. The Labute approximate surface area is 200 Å². The zero-order chi connectivity index (χ0) is 23.1. The Hall–Kier alpha value is -3.06. The van der Waals surface area contributed by atoms with E-state index in [4.69, 9.17) is 39.5 Å². The molecule has 0 aliphatic rings. The maximum Gasteiger partial charge on any atom is 0.329 e. The van der Waals surface area contributed by atoms with E-state index in [1.165, 1.54) is 6.21 Å². The van der Waals surface area contributed by atoms with Gasteiger partial charge < -0.3 is 10.1 Å². The maximum atomic E-state index is 12.0. The molecule has 32 heavy (non-hydrogen) atoms. The monoisotopic (exact) mass is 489 g/mol. The second-order valence-electron chi connectivity index (χ2n) is 6.74. The SMILES string of the molecule is Cc1cccc(NC(=O)C(=O)N/N=C\c2cc(Cl)ccc2OCc2ccc(Cl)c(Cl)c2)c1. The molecular formula is C23H18Cl3N3O3. The Morgan fingerprint density at radius 2 is 1.78 bits per heavy atom. The van der Waals surface area contributed by atoms with Gasteiger partial charge in [-0.2, -0.15) is 5.10 Å². The van der Waals surface area contributed by atoms with E-state index in [1.54, 1.807) is 54.6 Å². The van der Waals surface area contributed by atoms with E-state index in [-0.39, 0.29) is 6.61 Å². The third-order valence-electron chi connectivity index (χ3n) is 4.20. The van der Waals surface area contributed by atoms with Crippen molar-refractivity contribution >= 4 is 58.5 Å². The van der Waals surface area contributed by atoms with Crippen molar-refractivity contribution in [2.45, 2.75) is 13.5 Å². The van der Waals surface area contributed by atoms with Crippen LogP contribution in [0.25, 0.3) is 0 Å². The van der Waals surface area contributed by atoms with Crippen molar-refractivity contribution < 1.29 is 14.3 Å². The molecule has 0 spiro atoms. The standard InChI is InChI=1S/C23H18Cl3N3O3/c1-14-3-2-4-18(9-14)28-22(30)23(31)29-27-12-16-11-17(24)6-8-21(16)32-13-15-5-7-19(25)20(26)10-15/h2-12H,13H2,1H3,(H,28,30)(H,29,31)/b27-12-. The van der Waals surface area contributed by atoms with E-state index in [2.05, 4.69) is 15.8 Å². The molecule has 3 rings (SSSR count). The second kappa shape index (κ2) is 11.0. The molecule has 0 aliphatic carbocycles. The van der Waals surface area contributed by atoms with E-state index in [0.717, 1.165) is 11.1 Å². The maximum absolute atomic E-state index is 12.0. The largest absolute Gasteiger partial charge is 0.488 e. The highest BCUT2D eigenvalue weighted by Crippen LogP contribution is 2.25. The van der Waals surface area contributed by atoms with Crippen LogP contribution >= 0.6 is 34.8 Å². The Bertz CT molecular complexity index is 1180. The van der Waals surface area contributed by atoms with Crippen molar-refractivity contribution in [3.8, 4) is 5.75 Å². The number of ether oxygens (including phenoxy) is 1. The summed E-state index contributed by atoms with van der Waals surface area (Å²) in [5.74, 6) is -1.28. The predicted molar refractivity (Wildman–Crippen MR) is 128 cm³/mol. The van der Waals surface area contributed by atoms with Gasteiger partial charge in [-0.15, -0.1) is 0 Å². The summed E-state index contributed by atoms with van der Waals surface area (Å²) in [5.41, 5.74) is 4.99. The fourth-order valence-electron chi connectivity index (χ4n) is 2.66. The molecule has 0 atom stereocenters. The number of hydrogen-bond acceptors (Lipinski definition) is 4. The van der Waals surface area contributed by atoms with Gasteiger partial charge in [-0.1, -0.05) is 53.0 Å². The summed E-state index contributed by atoms with van der Waals surface area (Å²) in [4.78, 5) is 24.1. The predicted octanol–water partition coefficient (Wildman–Crippen LogP) is 5.62. The minimum Gasteiger partial charge on any atom is -0.488 e. The first-order valence-corrected chi connectivity index (χ1v) is 10.5. The summed E-state index contributed by atoms with van der Waals surface area (Å²) in [6, 6.07) is 17.2. The normalized spacial score (nSPS) is 10.8. The van der Waals surface area contributed by atoms with Gasteiger partial charge in [0.1, 0.15) is 12.4 Å². The smallest absolute Gasteiger partial charge is 0.329 e. The molecule has 0 fully saturated rings. The third kappa shape index (κ3) is 6.72. The molecule has 0 heterocycles. The summed E-state index contributed by atoms with van der Waals surface area (Å²) in [5, 5.41) is 7.69. The van der Waals surface area contributed by atoms with Gasteiger partial charge in [0.25, 0.3) is 0 Å². The lowest BCUT2D eigenvalue weighted by molar-refractivity contribution is -0.136. The van der Waals surface area contributed by atoms with Gasteiger partial charge in [0.2, 0.25) is 0 Å². The summed E-state index contributed by atoms with van der Waals surface area (Å²) < 4.78 is 5.82. The molecule has 2 amide bonds. The Balaban J connectivity index is 1.63. The average molecular weight is 491 g/mol. The Morgan fingerprint density at radius 1 is 0.969 bits per heavy atom. The van der Waals surface area contributed by atoms with Crippen LogP contribution in [0.4, 0.5) is 5.69 Å². The number of hydrazone groups is 1. The molecule has 9 heteroatoms. The number of nitrogens with one attached hydrogen (secondary N) is 2. The number of anilines is 1. The van der Waals surface area contributed by atoms with Gasteiger partial charge in [0.15, 0.2) is 0 Å². The van der Waals surface area contributed by atoms with Crippen molar-refractivity contribution in [1.82, 2.24) is 5.43 Å². The summed E-state index contributed by atoms with van der Waals surface area (Å²) >= 11 is 18.0. The number of amides is 2. The van der Waals surface area contributed by atoms with E-state index < -0.39 is 11.8 Å². The van der Waals surface area contributed by atoms with E-state index in [0.29, 0.717) is 32.1 Å². The van der Waals surface area contributed by atoms with Crippen molar-refractivity contribution in [2.24, 2.45) is 5.10 Å². The minimum absolute atomic E-state index is 0.227. The van der Waals surface area contributed by atoms with Crippen molar-refractivity contribution in [2.75, 3.05) is 5.32 Å². The molecule has 6 nitrogen and oxygen atoms in total. The first-order chi connectivity index (χ1) is 15.3. The number of aryl methyl sites for hydroxylation is 1. The van der Waals surface area contributed by atoms with Crippen LogP contribution in [0.2, 0.25) is 15.1 Å². The molecule has 0 bridgehead atoms. The molecule has 0 saturated heterocycles. The van der Waals surface area contributed by atoms with Crippen LogP contribution in [-0.4, -0.2) is 18.0 Å². The highest BCUT2D eigenvalue weighted by atomic mass is 35.5. The number of nitrogens with zero attached hydrogens (tertiary/aromatic N) is 1. The van der Waals surface area contributed by atoms with Crippen LogP contribution in [0, 0.1) is 6.92 Å². The zero-order valence-electron chi connectivity index (χ0n) is 16.9. The number of carbonyl (C=O) groups excluding carboxylic acids is 2. The Morgan fingerprint density at radius 3 is 2.53 bits per heavy atom. The lowest BCUT2D eigenvalue weighted by atomic mass is 10.2. The molecule has 2 N–H and O–H groups in total. The van der Waals surface area contributed by atoms with Gasteiger partial charge in [-0.3, -0.25) is 9.59 Å². The lowest BCUT2D eigenvalue weighted by Gasteiger charge is -2.10. The van der Waals surface area contributed by atoms with Crippen molar-refractivity contribution in [3.05, 3.63) is 92.4 Å². The van der Waals surface area contributed by atoms with Crippen LogP contribution in [-0.2, 0) is 16.2 Å². The highest BCUT2D eigenvalue weighted by molar-refractivity contribution is 6.42. The summed E-state index contributed by atoms with van der Waals surface area (Å²) in [7, 11) is 0. The number of rotatable bonds is 6. The van der Waals surface area contributed by atoms with Crippen LogP contribution in [0.15, 0.2) is 65.8 Å². The van der Waals surface area contributed by atoms with Gasteiger partial charge in [0.05, 0.1) is 16.3 Å². The van der Waals surface area contributed by atoms with E-state index in [9.17, 15) is 9.59 Å². The van der Waals surface area contributed by atoms with Crippen LogP contribution in [0.1, 0.15) is 16.7 Å². The highest BCUT2D eigenvalue weighted by Gasteiger charge is 2.13. The van der Waals surface area contributed by atoms with E-state index in [1.807, 2.05) is 13.0 Å². The first-order valence-electron chi connectivity index (χ1n) is 9.39. The molecular weight excluding hydrogens is 473 g/mol. The van der Waals surface area contributed by atoms with Crippen molar-refractivity contribution in [1.29, 1.82) is 0 Å². The molecule has 0 aliphatic heterocycles. The summed E-state index contributed by atoms with van der Waals surface area (Å²) in [6.07, 6.45) is 1.34. The zero-order valence-corrected chi connectivity index (χ0v) is 19.1. The minimum atomic E-state index is -0.914. The molecule has 0 radical (unpaired) electrons. The Kier molecular flexibility index (Phi) is 8.11. The van der Waals surface area contributed by atoms with Gasteiger partial charge in [-0.05, 0) is 60.5 Å². The fourth-order valence-corrected chi connectivity index (χ4v) is 3.17. The molecule has 3 aromatic carbocycles. The lowest BCUT2D eigenvalue weighted by Crippen LogP contribution is -2.32. The quantitative estimate of drug-likeness (QED) is 0.267. The molecule has 0 aromatic heterocycles. The second-order valence-corrected chi connectivity index (χ2v) is 7.99. The van der Waals surface area contributed by atoms with E-state index >= 15 is 0 Å². The summed E-state index contributed by atoms with van der Waals surface area (Å²) in [6.45, 7) is 2.11. The first kappa shape index (κ1) is 23.6. The van der Waals surface area contributed by atoms with Gasteiger partial charge >= 0.3 is 11.8 Å². The number of halogens is 3. The third-order valence-corrected chi connectivity index (χ3v) is 5.18. The number of benzene rings is 3. The molecule has 164 valence electrons. The van der Waals surface area contributed by atoms with Crippen LogP contribution in [0.3, 0.4) is 0 Å². The average Bonchev–Trinajstić information content (AvgIpc) is 2.75. The van der Waals surface area contributed by atoms with Crippen LogP contribution in [0.5, 0.6) is 5.75 Å². The van der Waals surface area contributed by atoms with Crippen molar-refractivity contribution in [3.63, 3.8) is 0 Å². The molecule has 3 aromatic rings. The van der Waals surface area contributed by atoms with Gasteiger partial charge in [0, 0.05) is 16.3 Å². The molecule has 0 unspecified atom stereocenters.